The molecule has 0 spiro atoms. The first-order valence-electron chi connectivity index (χ1n) is 2.14. The fourth-order valence-corrected chi connectivity index (χ4v) is 0.701. The van der Waals surface area contributed by atoms with Crippen LogP contribution < -0.4 is 5.73 Å². The molecule has 0 saturated carbocycles. The summed E-state index contributed by atoms with van der Waals surface area (Å²) in [4.78, 5) is 0. The van der Waals surface area contributed by atoms with Gasteiger partial charge in [-0.15, -0.1) is 10.2 Å². The topological polar surface area (TPSA) is 51.8 Å². The predicted molar refractivity (Wildman–Crippen MR) is 36.5 cm³/mol. The van der Waals surface area contributed by atoms with Gasteiger partial charge in [-0.2, -0.15) is 0 Å². The lowest BCUT2D eigenvalue weighted by atomic mass is 10.5. The Balaban J connectivity index is 3.17. The standard InChI is InChI=1S/C4H3Cl2N3/c5-2-1-3(6)8-9-4(2)7/h1H,(H2,7,9). The van der Waals surface area contributed by atoms with Crippen LogP contribution in [0.4, 0.5) is 5.82 Å². The van der Waals surface area contributed by atoms with Gasteiger partial charge < -0.3 is 5.73 Å². The highest BCUT2D eigenvalue weighted by molar-refractivity contribution is 6.35. The van der Waals surface area contributed by atoms with E-state index < -0.39 is 0 Å². The van der Waals surface area contributed by atoms with E-state index >= 15 is 0 Å². The summed E-state index contributed by atoms with van der Waals surface area (Å²) in [5.41, 5.74) is 5.22. The number of anilines is 1. The van der Waals surface area contributed by atoms with Gasteiger partial charge in [-0.25, -0.2) is 0 Å². The Morgan fingerprint density at radius 2 is 2.00 bits per heavy atom. The molecule has 0 saturated heterocycles. The van der Waals surface area contributed by atoms with E-state index in [0.29, 0.717) is 5.02 Å². The largest absolute Gasteiger partial charge is 0.381 e. The molecule has 2 N–H and O–H groups in total. The van der Waals surface area contributed by atoms with E-state index in [1.807, 2.05) is 0 Å². The zero-order valence-corrected chi connectivity index (χ0v) is 5.82. The van der Waals surface area contributed by atoms with Crippen molar-refractivity contribution in [1.82, 2.24) is 10.2 Å². The lowest BCUT2D eigenvalue weighted by Crippen LogP contribution is -1.92. The van der Waals surface area contributed by atoms with Crippen LogP contribution in [-0.4, -0.2) is 10.2 Å². The second kappa shape index (κ2) is 2.37. The third kappa shape index (κ3) is 1.43. The van der Waals surface area contributed by atoms with Gasteiger partial charge in [0.05, 0.1) is 5.02 Å². The highest BCUT2D eigenvalue weighted by Crippen LogP contribution is 2.16. The molecule has 9 heavy (non-hydrogen) atoms. The summed E-state index contributed by atoms with van der Waals surface area (Å²) >= 11 is 10.9. The molecule has 1 aromatic heterocycles. The van der Waals surface area contributed by atoms with Gasteiger partial charge in [0.1, 0.15) is 0 Å². The molecule has 1 rings (SSSR count). The summed E-state index contributed by atoms with van der Waals surface area (Å²) in [5.74, 6) is 0.195. The summed E-state index contributed by atoms with van der Waals surface area (Å²) < 4.78 is 0. The highest BCUT2D eigenvalue weighted by atomic mass is 35.5. The van der Waals surface area contributed by atoms with E-state index in [4.69, 9.17) is 28.9 Å². The number of hydrogen-bond donors (Lipinski definition) is 1. The fourth-order valence-electron chi connectivity index (χ4n) is 0.357. The number of rotatable bonds is 0. The van der Waals surface area contributed by atoms with Crippen molar-refractivity contribution >= 4 is 29.0 Å². The number of nitrogens with zero attached hydrogens (tertiary/aromatic N) is 2. The normalized spacial score (nSPS) is 9.56. The van der Waals surface area contributed by atoms with Gasteiger partial charge in [-0.3, -0.25) is 0 Å². The van der Waals surface area contributed by atoms with Gasteiger partial charge in [0.15, 0.2) is 11.0 Å². The molecule has 0 unspecified atom stereocenters. The molecular formula is C4H3Cl2N3. The van der Waals surface area contributed by atoms with Crippen molar-refractivity contribution in [3.05, 3.63) is 16.2 Å². The monoisotopic (exact) mass is 163 g/mol. The molecule has 0 bridgehead atoms. The van der Waals surface area contributed by atoms with Crippen LogP contribution in [0.3, 0.4) is 0 Å². The molecule has 3 nitrogen and oxygen atoms in total. The van der Waals surface area contributed by atoms with Crippen LogP contribution in [0.1, 0.15) is 0 Å². The lowest BCUT2D eigenvalue weighted by molar-refractivity contribution is 1.04. The van der Waals surface area contributed by atoms with E-state index in [9.17, 15) is 0 Å². The molecule has 1 heterocycles. The maximum Gasteiger partial charge on any atom is 0.165 e. The third-order valence-electron chi connectivity index (χ3n) is 0.744. The van der Waals surface area contributed by atoms with Gasteiger partial charge >= 0.3 is 0 Å². The lowest BCUT2D eigenvalue weighted by Gasteiger charge is -1.92. The molecule has 5 heteroatoms. The molecule has 0 amide bonds. The summed E-state index contributed by atoms with van der Waals surface area (Å²) in [7, 11) is 0. The van der Waals surface area contributed by atoms with E-state index in [1.165, 1.54) is 6.07 Å². The van der Waals surface area contributed by atoms with Gasteiger partial charge in [-0.05, 0) is 6.07 Å². The maximum atomic E-state index is 5.50. The Bertz CT molecular complexity index is 225. The molecule has 0 aromatic carbocycles. The number of hydrogen-bond acceptors (Lipinski definition) is 3. The summed E-state index contributed by atoms with van der Waals surface area (Å²) in [6, 6.07) is 1.44. The zero-order valence-electron chi connectivity index (χ0n) is 4.31. The van der Waals surface area contributed by atoms with Crippen molar-refractivity contribution in [2.45, 2.75) is 0 Å². The van der Waals surface area contributed by atoms with Gasteiger partial charge in [0.2, 0.25) is 0 Å². The van der Waals surface area contributed by atoms with E-state index in [2.05, 4.69) is 10.2 Å². The van der Waals surface area contributed by atoms with Gasteiger partial charge in [-0.1, -0.05) is 23.2 Å². The average Bonchev–Trinajstić information content (AvgIpc) is 1.80. The van der Waals surface area contributed by atoms with Crippen molar-refractivity contribution in [3.63, 3.8) is 0 Å². The van der Waals surface area contributed by atoms with Crippen molar-refractivity contribution in [2.75, 3.05) is 5.73 Å². The highest BCUT2D eigenvalue weighted by Gasteiger charge is 1.96. The minimum atomic E-state index is 0.195. The van der Waals surface area contributed by atoms with Crippen LogP contribution in [0.15, 0.2) is 6.07 Å². The van der Waals surface area contributed by atoms with Crippen LogP contribution in [-0.2, 0) is 0 Å². The minimum Gasteiger partial charge on any atom is -0.381 e. The Hall–Kier alpha value is -0.540. The number of nitrogen functional groups attached to an aromatic ring is 1. The fraction of sp³-hybridized carbons (Fsp3) is 0. The van der Waals surface area contributed by atoms with Crippen molar-refractivity contribution < 1.29 is 0 Å². The number of nitrogens with two attached hydrogens (primary N) is 1. The van der Waals surface area contributed by atoms with Crippen LogP contribution in [0.2, 0.25) is 10.2 Å². The maximum absolute atomic E-state index is 5.50. The summed E-state index contributed by atoms with van der Waals surface area (Å²) in [6.45, 7) is 0. The van der Waals surface area contributed by atoms with Crippen LogP contribution in [0.5, 0.6) is 0 Å². The molecule has 48 valence electrons. The Morgan fingerprint density at radius 1 is 1.33 bits per heavy atom. The molecule has 0 aliphatic carbocycles. The van der Waals surface area contributed by atoms with Gasteiger partial charge in [0, 0.05) is 0 Å². The molecule has 0 atom stereocenters. The summed E-state index contributed by atoms with van der Waals surface area (Å²) in [5, 5.41) is 7.46. The zero-order chi connectivity index (χ0) is 6.85. The SMILES string of the molecule is Nc1nnc(Cl)cc1Cl. The molecule has 0 fully saturated rings. The average molecular weight is 164 g/mol. The number of halogens is 2. The van der Waals surface area contributed by atoms with E-state index in [1.54, 1.807) is 0 Å². The Morgan fingerprint density at radius 3 is 2.44 bits per heavy atom. The summed E-state index contributed by atoms with van der Waals surface area (Å²) in [6.07, 6.45) is 0. The van der Waals surface area contributed by atoms with E-state index in [-0.39, 0.29) is 11.0 Å². The molecule has 0 aliphatic heterocycles. The van der Waals surface area contributed by atoms with E-state index in [0.717, 1.165) is 0 Å². The van der Waals surface area contributed by atoms with Crippen LogP contribution in [0.25, 0.3) is 0 Å². The molecule has 0 radical (unpaired) electrons. The third-order valence-corrected chi connectivity index (χ3v) is 1.23. The van der Waals surface area contributed by atoms with Crippen molar-refractivity contribution in [2.24, 2.45) is 0 Å². The molecule has 1 aromatic rings. The molecular weight excluding hydrogens is 161 g/mol. The second-order valence-corrected chi connectivity index (χ2v) is 2.19. The van der Waals surface area contributed by atoms with Crippen LogP contribution in [0, 0.1) is 0 Å². The predicted octanol–water partition coefficient (Wildman–Crippen LogP) is 1.37. The first kappa shape index (κ1) is 6.58. The van der Waals surface area contributed by atoms with Crippen LogP contribution >= 0.6 is 23.2 Å². The smallest absolute Gasteiger partial charge is 0.165 e. The Kier molecular flexibility index (Phi) is 1.73. The Labute approximate surface area is 61.8 Å². The second-order valence-electron chi connectivity index (χ2n) is 1.40. The van der Waals surface area contributed by atoms with Crippen molar-refractivity contribution in [1.29, 1.82) is 0 Å². The first-order valence-corrected chi connectivity index (χ1v) is 2.90. The number of aromatic nitrogens is 2. The van der Waals surface area contributed by atoms with Gasteiger partial charge in [0.25, 0.3) is 0 Å². The molecule has 0 aliphatic rings. The minimum absolute atomic E-state index is 0.195. The quantitative estimate of drug-likeness (QED) is 0.629. The van der Waals surface area contributed by atoms with Crippen molar-refractivity contribution in [3.8, 4) is 0 Å². The first-order chi connectivity index (χ1) is 4.20.